The van der Waals surface area contributed by atoms with Crippen molar-refractivity contribution in [3.63, 3.8) is 0 Å². The summed E-state index contributed by atoms with van der Waals surface area (Å²) in [5.41, 5.74) is 0. The highest BCUT2D eigenvalue weighted by Crippen LogP contribution is 2.44. The van der Waals surface area contributed by atoms with E-state index in [0.717, 1.165) is 0 Å². The first kappa shape index (κ1) is 13.5. The lowest BCUT2D eigenvalue weighted by molar-refractivity contribution is -0.162. The Kier molecular flexibility index (Phi) is 3.35. The zero-order valence-corrected chi connectivity index (χ0v) is 11.6. The van der Waals surface area contributed by atoms with Crippen molar-refractivity contribution in [2.45, 2.75) is 37.3 Å². The molecule has 116 valence electrons. The van der Waals surface area contributed by atoms with Gasteiger partial charge in [-0.05, 0) is 12.8 Å². The second-order valence-corrected chi connectivity index (χ2v) is 6.07. The van der Waals surface area contributed by atoms with Crippen LogP contribution in [-0.2, 0) is 33.3 Å². The van der Waals surface area contributed by atoms with Crippen molar-refractivity contribution in [3.8, 4) is 0 Å². The van der Waals surface area contributed by atoms with E-state index in [9.17, 15) is 9.59 Å². The Balaban J connectivity index is 1.35. The van der Waals surface area contributed by atoms with Gasteiger partial charge in [0.15, 0.2) is 0 Å². The predicted octanol–water partition coefficient (Wildman–Crippen LogP) is -0.336. The van der Waals surface area contributed by atoms with Gasteiger partial charge in [0, 0.05) is 0 Å². The zero-order valence-electron chi connectivity index (χ0n) is 11.6. The van der Waals surface area contributed by atoms with E-state index < -0.39 is 11.8 Å². The fourth-order valence-electron chi connectivity index (χ4n) is 2.84. The summed E-state index contributed by atoms with van der Waals surface area (Å²) in [4.78, 5) is 24.4. The summed E-state index contributed by atoms with van der Waals surface area (Å²) in [6, 6.07) is 0. The molecule has 0 aromatic heterocycles. The Hall–Kier alpha value is -1.18. The smallest absolute Gasteiger partial charge is 0.310 e. The minimum Gasteiger partial charge on any atom is -0.463 e. The van der Waals surface area contributed by atoms with Crippen LogP contribution in [0.25, 0.3) is 0 Å². The van der Waals surface area contributed by atoms with Gasteiger partial charge in [-0.15, -0.1) is 0 Å². The summed E-state index contributed by atoms with van der Waals surface area (Å²) >= 11 is 0. The molecule has 1 aliphatic carbocycles. The first-order valence-corrected chi connectivity index (χ1v) is 7.42. The summed E-state index contributed by atoms with van der Waals surface area (Å²) in [7, 11) is 0. The summed E-state index contributed by atoms with van der Waals surface area (Å²) in [6.45, 7) is 1.81. The maximum Gasteiger partial charge on any atom is 0.310 e. The number of carbonyl (C=O) groups is 2. The molecule has 3 heterocycles. The normalized spacial score (nSPS) is 42.7. The van der Waals surface area contributed by atoms with Crippen LogP contribution in [0.15, 0.2) is 0 Å². The van der Waals surface area contributed by atoms with Gasteiger partial charge in [-0.1, -0.05) is 0 Å². The van der Waals surface area contributed by atoms with Gasteiger partial charge in [-0.2, -0.15) is 0 Å². The second kappa shape index (κ2) is 5.23. The van der Waals surface area contributed by atoms with Crippen molar-refractivity contribution in [3.05, 3.63) is 0 Å². The number of epoxide rings is 3. The van der Waals surface area contributed by atoms with Crippen LogP contribution in [0, 0.1) is 11.8 Å². The van der Waals surface area contributed by atoms with Gasteiger partial charge >= 0.3 is 11.9 Å². The lowest BCUT2D eigenvalue weighted by Crippen LogP contribution is -2.38. The SMILES string of the molecule is O=C(OC[C@H]1CO1)[C@H]1C[C@H]2O[C@H]2C[C@H]1C(=O)OC[C@@H]1CO1. The number of ether oxygens (including phenoxy) is 5. The summed E-state index contributed by atoms with van der Waals surface area (Å²) in [5.74, 6) is -1.63. The molecule has 1 saturated carbocycles. The Bertz CT molecular complexity index is 403. The maximum absolute atomic E-state index is 12.2. The predicted molar refractivity (Wildman–Crippen MR) is 66.3 cm³/mol. The molecule has 3 saturated heterocycles. The Labute approximate surface area is 121 Å². The molecule has 0 amide bonds. The Morgan fingerprint density at radius 1 is 0.857 bits per heavy atom. The van der Waals surface area contributed by atoms with Crippen molar-refractivity contribution in [1.29, 1.82) is 0 Å². The quantitative estimate of drug-likeness (QED) is 0.489. The molecule has 4 aliphatic rings. The summed E-state index contributed by atoms with van der Waals surface area (Å²) in [5, 5.41) is 0. The highest BCUT2D eigenvalue weighted by atomic mass is 16.6. The lowest BCUT2D eigenvalue weighted by Gasteiger charge is -2.26. The van der Waals surface area contributed by atoms with Crippen molar-refractivity contribution < 1.29 is 33.3 Å². The van der Waals surface area contributed by atoms with Crippen LogP contribution < -0.4 is 0 Å². The fourth-order valence-corrected chi connectivity index (χ4v) is 2.84. The third-order valence-corrected chi connectivity index (χ3v) is 4.38. The summed E-state index contributed by atoms with van der Waals surface area (Å²) < 4.78 is 26.0. The molecular weight excluding hydrogens is 280 g/mol. The first-order chi connectivity index (χ1) is 10.2. The Morgan fingerprint density at radius 2 is 1.29 bits per heavy atom. The largest absolute Gasteiger partial charge is 0.463 e. The molecular formula is C14H18O7. The molecule has 0 aromatic rings. The average Bonchev–Trinajstić information content (AvgIpc) is 3.37. The number of carbonyl (C=O) groups excluding carboxylic acids is 2. The molecule has 0 N–H and O–H groups in total. The zero-order chi connectivity index (χ0) is 14.4. The molecule has 4 rings (SSSR count). The van der Waals surface area contributed by atoms with Gasteiger partial charge in [-0.3, -0.25) is 9.59 Å². The van der Waals surface area contributed by atoms with Crippen LogP contribution in [0.2, 0.25) is 0 Å². The van der Waals surface area contributed by atoms with Crippen molar-refractivity contribution >= 4 is 11.9 Å². The van der Waals surface area contributed by atoms with Gasteiger partial charge in [0.25, 0.3) is 0 Å². The molecule has 0 bridgehead atoms. The van der Waals surface area contributed by atoms with Gasteiger partial charge < -0.3 is 23.7 Å². The van der Waals surface area contributed by atoms with Gasteiger partial charge in [0.05, 0.1) is 37.3 Å². The average molecular weight is 298 g/mol. The molecule has 0 spiro atoms. The molecule has 0 unspecified atom stereocenters. The van der Waals surface area contributed by atoms with Gasteiger partial charge in [0.2, 0.25) is 0 Å². The highest BCUT2D eigenvalue weighted by Gasteiger charge is 2.53. The molecule has 7 heteroatoms. The van der Waals surface area contributed by atoms with E-state index in [2.05, 4.69) is 0 Å². The monoisotopic (exact) mass is 298 g/mol. The van der Waals surface area contributed by atoms with E-state index >= 15 is 0 Å². The molecule has 7 nitrogen and oxygen atoms in total. The molecule has 0 aromatic carbocycles. The van der Waals surface area contributed by atoms with Crippen LogP contribution >= 0.6 is 0 Å². The van der Waals surface area contributed by atoms with Crippen LogP contribution in [0.3, 0.4) is 0 Å². The highest BCUT2D eigenvalue weighted by molar-refractivity contribution is 5.82. The van der Waals surface area contributed by atoms with E-state index in [0.29, 0.717) is 26.1 Å². The van der Waals surface area contributed by atoms with Gasteiger partial charge in [0.1, 0.15) is 25.4 Å². The molecule has 4 fully saturated rings. The number of esters is 2. The van der Waals surface area contributed by atoms with E-state index in [4.69, 9.17) is 23.7 Å². The van der Waals surface area contributed by atoms with Gasteiger partial charge in [-0.25, -0.2) is 0 Å². The third-order valence-electron chi connectivity index (χ3n) is 4.38. The first-order valence-electron chi connectivity index (χ1n) is 7.42. The minimum atomic E-state index is -0.472. The molecule has 21 heavy (non-hydrogen) atoms. The second-order valence-electron chi connectivity index (χ2n) is 6.07. The standard InChI is InChI=1S/C14H18O7/c15-13(19-5-7-3-17-7)9-1-11-12(21-11)2-10(9)14(16)20-6-8-4-18-8/h7-12H,1-6H2/t7-,8+,9+,10-,11-,12+. The molecule has 0 radical (unpaired) electrons. The number of hydrogen-bond donors (Lipinski definition) is 0. The van der Waals surface area contributed by atoms with E-state index in [1.807, 2.05) is 0 Å². The molecule has 3 aliphatic heterocycles. The minimum absolute atomic E-state index is 0.0277. The van der Waals surface area contributed by atoms with Crippen LogP contribution in [0.4, 0.5) is 0 Å². The molecule has 6 atom stereocenters. The number of hydrogen-bond acceptors (Lipinski definition) is 7. The number of rotatable bonds is 6. The Morgan fingerprint density at radius 3 is 1.67 bits per heavy atom. The fraction of sp³-hybridized carbons (Fsp3) is 0.857. The number of fused-ring (bicyclic) bond motifs is 1. The maximum atomic E-state index is 12.2. The van der Waals surface area contributed by atoms with Crippen molar-refractivity contribution in [2.24, 2.45) is 11.8 Å². The van der Waals surface area contributed by atoms with Crippen molar-refractivity contribution in [1.82, 2.24) is 0 Å². The van der Waals surface area contributed by atoms with Crippen molar-refractivity contribution in [2.75, 3.05) is 26.4 Å². The van der Waals surface area contributed by atoms with E-state index in [1.165, 1.54) is 0 Å². The van der Waals surface area contributed by atoms with Crippen LogP contribution in [0.5, 0.6) is 0 Å². The summed E-state index contributed by atoms with van der Waals surface area (Å²) in [6.07, 6.45) is 1.31. The van der Waals surface area contributed by atoms with Crippen LogP contribution in [0.1, 0.15) is 12.8 Å². The van der Waals surface area contributed by atoms with E-state index in [-0.39, 0.29) is 49.6 Å². The third kappa shape index (κ3) is 3.20. The lowest BCUT2D eigenvalue weighted by atomic mass is 9.79. The van der Waals surface area contributed by atoms with E-state index in [1.54, 1.807) is 0 Å². The topological polar surface area (TPSA) is 90.2 Å². The van der Waals surface area contributed by atoms with Crippen LogP contribution in [-0.4, -0.2) is 62.8 Å².